The van der Waals surface area contributed by atoms with E-state index in [4.69, 9.17) is 21.5 Å². The van der Waals surface area contributed by atoms with Crippen molar-refractivity contribution in [3.63, 3.8) is 0 Å². The molecule has 2 fully saturated rings. The molecule has 2 heterocycles. The average Bonchev–Trinajstić information content (AvgIpc) is 3.40. The van der Waals surface area contributed by atoms with Gasteiger partial charge in [0.2, 0.25) is 0 Å². The first-order valence-electron chi connectivity index (χ1n) is 14.8. The lowest BCUT2D eigenvalue weighted by Crippen LogP contribution is -2.43. The van der Waals surface area contributed by atoms with Crippen LogP contribution >= 0.6 is 11.6 Å². The van der Waals surface area contributed by atoms with Gasteiger partial charge in [0.15, 0.2) is 0 Å². The lowest BCUT2D eigenvalue weighted by molar-refractivity contribution is 0.0461. The Balaban J connectivity index is 1.30. The number of anilines is 1. The SMILES string of the molecule is NS(=O)(=O)N1CCC[C@@H]1C/C=C/[C@H](O)[C@@H]1CC[C@H]1CN1CCCCc2cc(Cl)ccc2COc2ccc(C(=O)O)cc21. The highest BCUT2D eigenvalue weighted by atomic mass is 35.5. The van der Waals surface area contributed by atoms with Gasteiger partial charge in [-0.05, 0) is 105 Å². The summed E-state index contributed by atoms with van der Waals surface area (Å²) >= 11 is 6.27. The van der Waals surface area contributed by atoms with E-state index in [2.05, 4.69) is 4.90 Å². The summed E-state index contributed by atoms with van der Waals surface area (Å²) in [7, 11) is -3.72. The highest BCUT2D eigenvalue weighted by molar-refractivity contribution is 7.86. The smallest absolute Gasteiger partial charge is 0.335 e. The molecule has 1 aliphatic carbocycles. The predicted molar refractivity (Wildman–Crippen MR) is 163 cm³/mol. The summed E-state index contributed by atoms with van der Waals surface area (Å²) in [6.45, 7) is 2.21. The molecule has 0 radical (unpaired) electrons. The summed E-state index contributed by atoms with van der Waals surface area (Å²) < 4.78 is 31.3. The number of aryl methyl sites for hydroxylation is 1. The zero-order valence-corrected chi connectivity index (χ0v) is 25.3. The van der Waals surface area contributed by atoms with Crippen LogP contribution in [0.2, 0.25) is 5.02 Å². The summed E-state index contributed by atoms with van der Waals surface area (Å²) in [6, 6.07) is 10.7. The van der Waals surface area contributed by atoms with Crippen LogP contribution in [-0.4, -0.2) is 60.7 Å². The van der Waals surface area contributed by atoms with Crippen molar-refractivity contribution in [2.45, 2.75) is 70.1 Å². The molecule has 0 bridgehead atoms. The van der Waals surface area contributed by atoms with E-state index >= 15 is 0 Å². The molecule has 2 aliphatic heterocycles. The van der Waals surface area contributed by atoms with Gasteiger partial charge in [0.05, 0.1) is 17.4 Å². The van der Waals surface area contributed by atoms with E-state index in [1.165, 1.54) is 9.87 Å². The van der Waals surface area contributed by atoms with Gasteiger partial charge in [-0.3, -0.25) is 0 Å². The summed E-state index contributed by atoms with van der Waals surface area (Å²) in [5.74, 6) is -0.0669. The summed E-state index contributed by atoms with van der Waals surface area (Å²) in [4.78, 5) is 14.1. The summed E-state index contributed by atoms with van der Waals surface area (Å²) in [6.07, 6.45) is 9.70. The molecule has 2 aromatic carbocycles. The Morgan fingerprint density at radius 1 is 1.10 bits per heavy atom. The molecular weight excluding hydrogens is 578 g/mol. The molecule has 11 heteroatoms. The van der Waals surface area contributed by atoms with Crippen LogP contribution in [0.15, 0.2) is 48.6 Å². The predicted octanol–water partition coefficient (Wildman–Crippen LogP) is 4.76. The number of aromatic carboxylic acids is 1. The van der Waals surface area contributed by atoms with Gasteiger partial charge in [-0.15, -0.1) is 0 Å². The van der Waals surface area contributed by atoms with Crippen molar-refractivity contribution in [2.24, 2.45) is 17.0 Å². The van der Waals surface area contributed by atoms with Crippen LogP contribution < -0.4 is 14.8 Å². The maximum Gasteiger partial charge on any atom is 0.335 e. The Morgan fingerprint density at radius 2 is 1.93 bits per heavy atom. The number of nitrogens with zero attached hydrogens (tertiary/aromatic N) is 2. The number of halogens is 1. The molecule has 4 N–H and O–H groups in total. The van der Waals surface area contributed by atoms with Crippen molar-refractivity contribution in [1.29, 1.82) is 0 Å². The van der Waals surface area contributed by atoms with Gasteiger partial charge >= 0.3 is 5.97 Å². The van der Waals surface area contributed by atoms with Crippen molar-refractivity contribution in [3.05, 3.63) is 70.3 Å². The summed E-state index contributed by atoms with van der Waals surface area (Å²) in [5, 5.41) is 26.8. The Bertz CT molecular complexity index is 1420. The highest BCUT2D eigenvalue weighted by Gasteiger charge is 2.37. The Kier molecular flexibility index (Phi) is 9.79. The number of carboxylic acids is 1. The molecule has 228 valence electrons. The minimum absolute atomic E-state index is 0.0655. The van der Waals surface area contributed by atoms with E-state index in [0.717, 1.165) is 62.7 Å². The topological polar surface area (TPSA) is 133 Å². The van der Waals surface area contributed by atoms with E-state index < -0.39 is 22.3 Å². The molecule has 0 spiro atoms. The van der Waals surface area contributed by atoms with E-state index in [1.54, 1.807) is 24.3 Å². The van der Waals surface area contributed by atoms with E-state index in [1.807, 2.05) is 24.3 Å². The number of nitrogens with two attached hydrogens (primary N) is 1. The standard InChI is InChI=1S/C31H40ClN3O6S/c32-25-12-9-24-20-41-30-14-11-22(31(37)38)18-28(30)34(15-2-1-5-21(24)17-25)19-23-10-13-27(23)29(36)8-3-6-26-7-4-16-35(26)42(33,39)40/h3,8-9,11-12,14,17-18,23,26-27,29,36H,1-2,4-7,10,13,15-16,19-20H2,(H,37,38)(H2,33,39,40)/b8-3+/t23-,26-,27+,29-/m0/s1. The molecule has 42 heavy (non-hydrogen) atoms. The van der Waals surface area contributed by atoms with Gasteiger partial charge in [-0.1, -0.05) is 29.8 Å². The van der Waals surface area contributed by atoms with Crippen molar-refractivity contribution >= 4 is 33.5 Å². The fourth-order valence-corrected chi connectivity index (χ4v) is 7.71. The number of hydrogen-bond acceptors (Lipinski definition) is 6. The molecule has 0 amide bonds. The minimum Gasteiger partial charge on any atom is -0.487 e. The van der Waals surface area contributed by atoms with Crippen molar-refractivity contribution in [1.82, 2.24) is 4.31 Å². The first-order chi connectivity index (χ1) is 20.1. The second-order valence-electron chi connectivity index (χ2n) is 11.7. The number of aliphatic hydroxyl groups is 1. The van der Waals surface area contributed by atoms with Crippen LogP contribution in [0, 0.1) is 11.8 Å². The second kappa shape index (κ2) is 13.3. The number of rotatable bonds is 8. The average molecular weight is 618 g/mol. The molecule has 0 unspecified atom stereocenters. The maximum atomic E-state index is 11.9. The van der Waals surface area contributed by atoms with Gasteiger partial charge in [-0.25, -0.2) is 9.93 Å². The fraction of sp³-hybridized carbons (Fsp3) is 0.516. The molecule has 4 atom stereocenters. The number of ether oxygens (including phenoxy) is 1. The molecule has 0 aromatic heterocycles. The van der Waals surface area contributed by atoms with E-state index in [0.29, 0.717) is 36.9 Å². The van der Waals surface area contributed by atoms with Crippen LogP contribution in [0.5, 0.6) is 5.75 Å². The monoisotopic (exact) mass is 617 g/mol. The van der Waals surface area contributed by atoms with Crippen LogP contribution in [0.3, 0.4) is 0 Å². The lowest BCUT2D eigenvalue weighted by Gasteiger charge is -2.42. The highest BCUT2D eigenvalue weighted by Crippen LogP contribution is 2.41. The van der Waals surface area contributed by atoms with E-state index in [9.17, 15) is 23.4 Å². The number of benzene rings is 2. The molecule has 1 saturated carbocycles. The lowest BCUT2D eigenvalue weighted by atomic mass is 9.70. The largest absolute Gasteiger partial charge is 0.487 e. The van der Waals surface area contributed by atoms with Gasteiger partial charge in [0.25, 0.3) is 10.2 Å². The zero-order valence-electron chi connectivity index (χ0n) is 23.7. The van der Waals surface area contributed by atoms with E-state index in [-0.39, 0.29) is 23.4 Å². The third-order valence-corrected chi connectivity index (χ3v) is 10.4. The molecule has 3 aliphatic rings. The van der Waals surface area contributed by atoms with Gasteiger partial charge < -0.3 is 19.8 Å². The number of aliphatic hydroxyl groups excluding tert-OH is 1. The molecule has 5 rings (SSSR count). The van der Waals surface area contributed by atoms with Crippen molar-refractivity contribution < 1.29 is 28.2 Å². The molecule has 2 aromatic rings. The first kappa shape index (κ1) is 30.8. The third kappa shape index (κ3) is 7.29. The van der Waals surface area contributed by atoms with Crippen LogP contribution in [-0.2, 0) is 23.2 Å². The Labute approximate surface area is 253 Å². The third-order valence-electron chi connectivity index (χ3n) is 8.98. The van der Waals surface area contributed by atoms with Crippen LogP contribution in [0.1, 0.15) is 66.4 Å². The minimum atomic E-state index is -3.72. The normalized spacial score (nSPS) is 24.3. The van der Waals surface area contributed by atoms with Crippen LogP contribution in [0.4, 0.5) is 5.69 Å². The van der Waals surface area contributed by atoms with Gasteiger partial charge in [-0.2, -0.15) is 12.7 Å². The quantitative estimate of drug-likeness (QED) is 0.364. The summed E-state index contributed by atoms with van der Waals surface area (Å²) in [5.41, 5.74) is 3.20. The first-order valence-corrected chi connectivity index (χ1v) is 16.6. The number of hydrogen-bond donors (Lipinski definition) is 3. The molecule has 9 nitrogen and oxygen atoms in total. The van der Waals surface area contributed by atoms with Crippen molar-refractivity contribution in [3.8, 4) is 5.75 Å². The zero-order chi connectivity index (χ0) is 29.9. The Morgan fingerprint density at radius 3 is 2.67 bits per heavy atom. The second-order valence-corrected chi connectivity index (χ2v) is 13.6. The number of carboxylic acid groups (broad SMARTS) is 1. The number of fused-ring (bicyclic) bond motifs is 2. The van der Waals surface area contributed by atoms with Gasteiger partial charge in [0.1, 0.15) is 12.4 Å². The van der Waals surface area contributed by atoms with Crippen molar-refractivity contribution in [2.75, 3.05) is 24.5 Å². The maximum absolute atomic E-state index is 11.9. The molecule has 1 saturated heterocycles. The molecular formula is C31H40ClN3O6S. The number of carbonyl (C=O) groups is 1. The fourth-order valence-electron chi connectivity index (χ4n) is 6.52. The van der Waals surface area contributed by atoms with Crippen LogP contribution in [0.25, 0.3) is 0 Å². The Hall–Kier alpha value is -2.63. The van der Waals surface area contributed by atoms with Gasteiger partial charge in [0, 0.05) is 30.7 Å².